The molecule has 0 bridgehead atoms. The van der Waals surface area contributed by atoms with Crippen LogP contribution in [0.4, 0.5) is 5.69 Å². The number of rotatable bonds is 5. The molecule has 0 atom stereocenters. The van der Waals surface area contributed by atoms with Gasteiger partial charge in [0.15, 0.2) is 0 Å². The topological polar surface area (TPSA) is 97.4 Å². The van der Waals surface area contributed by atoms with Crippen molar-refractivity contribution < 1.29 is 18.8 Å². The maximum absolute atomic E-state index is 12.8. The summed E-state index contributed by atoms with van der Waals surface area (Å²) >= 11 is 6.34. The predicted octanol–water partition coefficient (Wildman–Crippen LogP) is 4.17. The number of amides is 3. The molecule has 8 nitrogen and oxygen atoms in total. The van der Waals surface area contributed by atoms with Crippen molar-refractivity contribution in [3.05, 3.63) is 101 Å². The third-order valence-electron chi connectivity index (χ3n) is 5.12. The number of halogens is 1. The SMILES string of the molecule is O=C(Nc1ccc(-n2ccnc2)c(Cl)c1)c1ccc2c(c1)C(=O)N(Cc1ccco1)C2=O. The van der Waals surface area contributed by atoms with E-state index in [9.17, 15) is 14.4 Å². The number of hydrogen-bond acceptors (Lipinski definition) is 5. The van der Waals surface area contributed by atoms with E-state index in [-0.39, 0.29) is 23.2 Å². The predicted molar refractivity (Wildman–Crippen MR) is 116 cm³/mol. The summed E-state index contributed by atoms with van der Waals surface area (Å²) in [6.07, 6.45) is 6.50. The number of fused-ring (bicyclic) bond motifs is 1. The van der Waals surface area contributed by atoms with Gasteiger partial charge in [0, 0.05) is 23.6 Å². The van der Waals surface area contributed by atoms with Crippen LogP contribution in [0.25, 0.3) is 5.69 Å². The van der Waals surface area contributed by atoms with Gasteiger partial charge in [-0.25, -0.2) is 4.98 Å². The van der Waals surface area contributed by atoms with E-state index in [0.717, 1.165) is 10.6 Å². The number of carbonyl (C=O) groups is 3. The molecule has 0 unspecified atom stereocenters. The molecule has 4 aromatic rings. The molecule has 9 heteroatoms. The fraction of sp³-hybridized carbons (Fsp3) is 0.0435. The number of carbonyl (C=O) groups excluding carboxylic acids is 3. The maximum atomic E-state index is 12.8. The number of furan rings is 1. The molecule has 5 rings (SSSR count). The molecule has 0 saturated heterocycles. The van der Waals surface area contributed by atoms with Crippen LogP contribution in [0.15, 0.2) is 77.9 Å². The molecule has 2 aromatic carbocycles. The Morgan fingerprint density at radius 2 is 1.91 bits per heavy atom. The Balaban J connectivity index is 1.35. The molecule has 158 valence electrons. The number of imidazole rings is 1. The Morgan fingerprint density at radius 3 is 2.62 bits per heavy atom. The molecular formula is C23H15ClN4O4. The van der Waals surface area contributed by atoms with Crippen LogP contribution < -0.4 is 5.32 Å². The minimum absolute atomic E-state index is 0.0304. The molecular weight excluding hydrogens is 432 g/mol. The van der Waals surface area contributed by atoms with Gasteiger partial charge in [0.2, 0.25) is 0 Å². The second-order valence-electron chi connectivity index (χ2n) is 7.13. The number of anilines is 1. The minimum atomic E-state index is -0.469. The van der Waals surface area contributed by atoms with E-state index in [2.05, 4.69) is 10.3 Å². The molecule has 0 aliphatic carbocycles. The highest BCUT2D eigenvalue weighted by atomic mass is 35.5. The number of nitrogens with one attached hydrogen (secondary N) is 1. The second kappa shape index (κ2) is 7.82. The quantitative estimate of drug-likeness (QED) is 0.464. The molecule has 3 amide bonds. The Bertz CT molecular complexity index is 1350. The molecule has 0 saturated carbocycles. The third kappa shape index (κ3) is 3.46. The van der Waals surface area contributed by atoms with Crippen LogP contribution >= 0.6 is 11.6 Å². The zero-order chi connectivity index (χ0) is 22.2. The van der Waals surface area contributed by atoms with Crippen LogP contribution in [0.2, 0.25) is 5.02 Å². The fourth-order valence-corrected chi connectivity index (χ4v) is 3.81. The lowest BCUT2D eigenvalue weighted by molar-refractivity contribution is 0.0631. The summed E-state index contributed by atoms with van der Waals surface area (Å²) < 4.78 is 6.99. The first-order valence-electron chi connectivity index (χ1n) is 9.63. The molecule has 0 fully saturated rings. The summed E-state index contributed by atoms with van der Waals surface area (Å²) in [5.41, 5.74) is 1.90. The van der Waals surface area contributed by atoms with E-state index in [1.165, 1.54) is 24.5 Å². The zero-order valence-corrected chi connectivity index (χ0v) is 17.2. The average Bonchev–Trinajstić information content (AvgIpc) is 3.54. The minimum Gasteiger partial charge on any atom is -0.467 e. The van der Waals surface area contributed by atoms with Gasteiger partial charge in [0.1, 0.15) is 5.76 Å². The largest absolute Gasteiger partial charge is 0.467 e. The number of aromatic nitrogens is 2. The Labute approximate surface area is 187 Å². The van der Waals surface area contributed by atoms with Crippen molar-refractivity contribution in [1.82, 2.24) is 14.5 Å². The van der Waals surface area contributed by atoms with Crippen LogP contribution in [0, 0.1) is 0 Å². The van der Waals surface area contributed by atoms with Gasteiger partial charge in [-0.1, -0.05) is 11.6 Å². The van der Waals surface area contributed by atoms with E-state index >= 15 is 0 Å². The van der Waals surface area contributed by atoms with Crippen LogP contribution in [-0.2, 0) is 6.54 Å². The summed E-state index contributed by atoms with van der Waals surface area (Å²) in [6.45, 7) is 0.0304. The van der Waals surface area contributed by atoms with Crippen molar-refractivity contribution in [2.75, 3.05) is 5.32 Å². The normalized spacial score (nSPS) is 12.8. The molecule has 2 aromatic heterocycles. The monoisotopic (exact) mass is 446 g/mol. The first kappa shape index (κ1) is 19.8. The molecule has 32 heavy (non-hydrogen) atoms. The van der Waals surface area contributed by atoms with E-state index in [0.29, 0.717) is 16.5 Å². The fourth-order valence-electron chi connectivity index (χ4n) is 3.53. The van der Waals surface area contributed by atoms with Gasteiger partial charge in [-0.2, -0.15) is 0 Å². The highest BCUT2D eigenvalue weighted by Crippen LogP contribution is 2.27. The molecule has 0 spiro atoms. The first-order chi connectivity index (χ1) is 15.5. The summed E-state index contributed by atoms with van der Waals surface area (Å²) in [6, 6.07) is 12.9. The lowest BCUT2D eigenvalue weighted by Crippen LogP contribution is -2.28. The summed E-state index contributed by atoms with van der Waals surface area (Å²) in [5.74, 6) is -0.823. The number of nitrogens with zero attached hydrogens (tertiary/aromatic N) is 3. The smallest absolute Gasteiger partial charge is 0.261 e. The van der Waals surface area contributed by atoms with Crippen molar-refractivity contribution in [1.29, 1.82) is 0 Å². The van der Waals surface area contributed by atoms with E-state index < -0.39 is 17.7 Å². The Hall–Kier alpha value is -4.17. The molecule has 3 heterocycles. The summed E-state index contributed by atoms with van der Waals surface area (Å²) in [5, 5.41) is 3.20. The van der Waals surface area contributed by atoms with E-state index in [4.69, 9.17) is 16.0 Å². The zero-order valence-electron chi connectivity index (χ0n) is 16.5. The van der Waals surface area contributed by atoms with Crippen molar-refractivity contribution in [2.45, 2.75) is 6.54 Å². The second-order valence-corrected chi connectivity index (χ2v) is 7.53. The Kier molecular flexibility index (Phi) is 4.84. The maximum Gasteiger partial charge on any atom is 0.261 e. The van der Waals surface area contributed by atoms with Gasteiger partial charge in [0.05, 0.1) is 41.0 Å². The van der Waals surface area contributed by atoms with Crippen LogP contribution in [0.1, 0.15) is 36.8 Å². The van der Waals surface area contributed by atoms with E-state index in [1.54, 1.807) is 53.6 Å². The van der Waals surface area contributed by atoms with Crippen molar-refractivity contribution in [2.24, 2.45) is 0 Å². The number of imide groups is 1. The number of hydrogen-bond donors (Lipinski definition) is 1. The van der Waals surface area contributed by atoms with Crippen molar-refractivity contribution >= 4 is 35.0 Å². The molecule has 0 radical (unpaired) electrons. The first-order valence-corrected chi connectivity index (χ1v) is 10.0. The van der Waals surface area contributed by atoms with Gasteiger partial charge in [-0.15, -0.1) is 0 Å². The van der Waals surface area contributed by atoms with Gasteiger partial charge in [-0.05, 0) is 48.5 Å². The lowest BCUT2D eigenvalue weighted by atomic mass is 10.1. The van der Waals surface area contributed by atoms with Crippen LogP contribution in [0.5, 0.6) is 0 Å². The van der Waals surface area contributed by atoms with Crippen molar-refractivity contribution in [3.63, 3.8) is 0 Å². The van der Waals surface area contributed by atoms with Crippen LogP contribution in [-0.4, -0.2) is 32.2 Å². The Morgan fingerprint density at radius 1 is 1.06 bits per heavy atom. The average molecular weight is 447 g/mol. The summed E-state index contributed by atoms with van der Waals surface area (Å²) in [7, 11) is 0. The van der Waals surface area contributed by atoms with Crippen LogP contribution in [0.3, 0.4) is 0 Å². The highest BCUT2D eigenvalue weighted by Gasteiger charge is 2.36. The highest BCUT2D eigenvalue weighted by molar-refractivity contribution is 6.32. The standard InChI is InChI=1S/C23H15ClN4O4/c24-19-11-15(4-6-20(19)27-8-7-25-13-27)26-21(29)14-3-5-17-18(10-14)23(31)28(22(17)30)12-16-2-1-9-32-16/h1-11,13H,12H2,(H,26,29). The van der Waals surface area contributed by atoms with Gasteiger partial charge in [-0.3, -0.25) is 19.3 Å². The third-order valence-corrected chi connectivity index (χ3v) is 5.42. The number of benzene rings is 2. The molecule has 1 N–H and O–H groups in total. The van der Waals surface area contributed by atoms with Gasteiger partial charge in [0.25, 0.3) is 17.7 Å². The molecule has 1 aliphatic rings. The van der Waals surface area contributed by atoms with E-state index in [1.807, 2.05) is 0 Å². The summed E-state index contributed by atoms with van der Waals surface area (Å²) in [4.78, 5) is 43.2. The van der Waals surface area contributed by atoms with Gasteiger partial charge < -0.3 is 14.3 Å². The lowest BCUT2D eigenvalue weighted by Gasteiger charge is -2.11. The molecule has 1 aliphatic heterocycles. The van der Waals surface area contributed by atoms with Crippen molar-refractivity contribution in [3.8, 4) is 5.69 Å². The van der Waals surface area contributed by atoms with Gasteiger partial charge >= 0.3 is 0 Å².